The Morgan fingerprint density at radius 1 is 0.560 bits per heavy atom. The lowest BCUT2D eigenvalue weighted by atomic mass is 9.83. The molecule has 11 rings (SSSR count). The van der Waals surface area contributed by atoms with Crippen LogP contribution in [0.5, 0.6) is 0 Å². The summed E-state index contributed by atoms with van der Waals surface area (Å²) in [5.41, 5.74) is 13.8. The van der Waals surface area contributed by atoms with Crippen LogP contribution in [0.1, 0.15) is 133 Å². The minimum atomic E-state index is -4.55. The molecule has 5 aromatic rings. The third-order valence-electron chi connectivity index (χ3n) is 16.1. The smallest absolute Gasteiger partial charge is 0.481 e. The lowest BCUT2D eigenvalue weighted by Crippen LogP contribution is -2.51. The SMILES string of the molecule is CC1=CC(C)=[N+]2C1=C(c1ccc(C#CC3=C(C)C4=C(CCC(=O)O)c5c(C)c(C#Cc6ccc(C7=C8C(C)=CC(C)=[N+]8[B-](F)(F)n8c(C)cc(C)c87)cc6)c(C)n5[B-](F)(F)[N+]4=C3C)cc1)c1c(C)cc(C)n1[B-]2(F)F. The molecule has 0 fully saturated rings. The van der Waals surface area contributed by atoms with Crippen molar-refractivity contribution in [3.63, 3.8) is 0 Å². The third-order valence-corrected chi connectivity index (χ3v) is 16.1. The lowest BCUT2D eigenvalue weighted by Gasteiger charge is -2.34. The number of hydrogen-bond donors (Lipinski definition) is 1. The summed E-state index contributed by atoms with van der Waals surface area (Å²) in [4.78, 5) is 12.2. The van der Waals surface area contributed by atoms with E-state index in [0.717, 1.165) is 60.3 Å². The van der Waals surface area contributed by atoms with Crippen molar-refractivity contribution in [2.75, 3.05) is 0 Å². The van der Waals surface area contributed by atoms with Crippen molar-refractivity contribution in [2.24, 2.45) is 0 Å². The second-order valence-electron chi connectivity index (χ2n) is 20.9. The van der Waals surface area contributed by atoms with E-state index in [-0.39, 0.29) is 35.6 Å². The van der Waals surface area contributed by atoms with Gasteiger partial charge in [0.2, 0.25) is 0 Å². The van der Waals surface area contributed by atoms with E-state index in [1.807, 2.05) is 52.0 Å². The van der Waals surface area contributed by atoms with Crippen LogP contribution in [0.15, 0.2) is 112 Å². The van der Waals surface area contributed by atoms with E-state index >= 15 is 25.9 Å². The van der Waals surface area contributed by atoms with Gasteiger partial charge < -0.3 is 57.9 Å². The molecule has 6 aliphatic rings. The van der Waals surface area contributed by atoms with Gasteiger partial charge in [-0.05, 0) is 144 Å². The van der Waals surface area contributed by atoms with Gasteiger partial charge in [0.25, 0.3) is 0 Å². The number of benzene rings is 2. The van der Waals surface area contributed by atoms with Gasteiger partial charge >= 0.3 is 26.9 Å². The van der Waals surface area contributed by atoms with Crippen molar-refractivity contribution in [2.45, 2.75) is 95.9 Å². The van der Waals surface area contributed by atoms with Gasteiger partial charge in [-0.2, -0.15) is 0 Å². The monoisotopic (exact) mass is 1010 g/mol. The number of carboxylic acids is 1. The summed E-state index contributed by atoms with van der Waals surface area (Å²) in [6.45, 7) is 7.96. The summed E-state index contributed by atoms with van der Waals surface area (Å²) in [5, 5.41) is 9.94. The summed E-state index contributed by atoms with van der Waals surface area (Å²) >= 11 is 0. The Kier molecular flexibility index (Phi) is 10.9. The maximum atomic E-state index is 17.5. The fraction of sp³-hybridized carbons (Fsp3) is 0.241. The number of carboxylic acid groups (broad SMARTS) is 1. The molecule has 0 aliphatic carbocycles. The quantitative estimate of drug-likeness (QED) is 0.108. The largest absolute Gasteiger partial charge is 0.737 e. The molecule has 3 aromatic heterocycles. The summed E-state index contributed by atoms with van der Waals surface area (Å²) in [6.07, 6.45) is 3.22. The molecule has 0 amide bonds. The molecule has 2 aromatic carbocycles. The number of allylic oxidation sites excluding steroid dienone is 7. The lowest BCUT2D eigenvalue weighted by molar-refractivity contribution is -0.364. The zero-order valence-electron chi connectivity index (χ0n) is 43.9. The molecule has 9 heterocycles. The first-order valence-corrected chi connectivity index (χ1v) is 25.1. The van der Waals surface area contributed by atoms with Crippen molar-refractivity contribution in [3.8, 4) is 23.7 Å². The van der Waals surface area contributed by atoms with E-state index < -0.39 is 26.9 Å². The van der Waals surface area contributed by atoms with E-state index in [2.05, 4.69) is 23.7 Å². The molecule has 1 N–H and O–H groups in total. The Hall–Kier alpha value is -7.91. The number of fused-ring (bicyclic) bond motifs is 6. The number of halogens is 6. The number of nitrogens with zero attached hydrogens (tertiary/aromatic N) is 6. The predicted octanol–water partition coefficient (Wildman–Crippen LogP) is 11.9. The maximum absolute atomic E-state index is 17.5. The van der Waals surface area contributed by atoms with Crippen molar-refractivity contribution >= 4 is 60.7 Å². The Morgan fingerprint density at radius 2 is 1.00 bits per heavy atom. The van der Waals surface area contributed by atoms with E-state index in [4.69, 9.17) is 0 Å². The Morgan fingerprint density at radius 3 is 1.45 bits per heavy atom. The molecule has 17 heteroatoms. The van der Waals surface area contributed by atoms with Crippen molar-refractivity contribution in [1.82, 2.24) is 13.4 Å². The summed E-state index contributed by atoms with van der Waals surface area (Å²) in [7, 11) is 0. The first kappa shape index (κ1) is 49.3. The van der Waals surface area contributed by atoms with Gasteiger partial charge in [0.1, 0.15) is 17.1 Å². The van der Waals surface area contributed by atoms with Crippen molar-refractivity contribution < 1.29 is 49.3 Å². The average molecular weight is 1010 g/mol. The van der Waals surface area contributed by atoms with Crippen LogP contribution in [0.3, 0.4) is 0 Å². The molecule has 0 spiro atoms. The van der Waals surface area contributed by atoms with Gasteiger partial charge in [0.15, 0.2) is 17.1 Å². The topological polar surface area (TPSA) is 61.1 Å². The fourth-order valence-corrected chi connectivity index (χ4v) is 13.2. The summed E-state index contributed by atoms with van der Waals surface area (Å²) < 4.78 is 107. The van der Waals surface area contributed by atoms with E-state index in [1.165, 1.54) is 0 Å². The minimum absolute atomic E-state index is 0.0357. The number of rotatable bonds is 5. The summed E-state index contributed by atoms with van der Waals surface area (Å²) in [6, 6.07) is 18.2. The molecular weight excluding hydrogens is 959 g/mol. The van der Waals surface area contributed by atoms with E-state index in [9.17, 15) is 9.90 Å². The third kappa shape index (κ3) is 6.85. The molecule has 6 aliphatic heterocycles. The van der Waals surface area contributed by atoms with Crippen LogP contribution >= 0.6 is 0 Å². The van der Waals surface area contributed by atoms with E-state index in [0.29, 0.717) is 95.7 Å². The molecule has 0 saturated heterocycles. The predicted molar refractivity (Wildman–Crippen MR) is 286 cm³/mol. The number of aromatic nitrogens is 3. The Labute approximate surface area is 432 Å². The number of aliphatic carboxylic acids is 1. The molecule has 75 heavy (non-hydrogen) atoms. The van der Waals surface area contributed by atoms with Gasteiger partial charge in [0.05, 0.1) is 16.7 Å². The molecule has 0 radical (unpaired) electrons. The average Bonchev–Trinajstić information content (AvgIpc) is 4.15. The normalized spacial score (nSPS) is 18.6. The highest BCUT2D eigenvalue weighted by Crippen LogP contribution is 2.48. The van der Waals surface area contributed by atoms with Gasteiger partial charge in [-0.3, -0.25) is 4.79 Å². The highest BCUT2D eigenvalue weighted by atomic mass is 19.3. The van der Waals surface area contributed by atoms with Crippen LogP contribution in [0.25, 0.3) is 16.7 Å². The number of carbonyl (C=O) groups is 1. The Bertz CT molecular complexity index is 4010. The standard InChI is InChI=1S/C58H53B3F6N6O2/c1-31-27-35(5)68-53(31)51(54-32(2)28-36(6)69(54)59(68,62)63)45-19-13-43(14-20-45)17-23-47-39(9)57-49(25-26-50(74)75)58-40(10)48(42(12)73(58)61(66,67)72(57)41(47)11)24-18-44-15-21-46(22-16-44)52-55-33(3)29-37(7)70(55)60(64,65)71-38(8)30-34(4)56(52)71/h13-16,19-22,27-30H,25-26H2,1-12H3,(H,74,75). The molecule has 0 unspecified atom stereocenters. The second-order valence-corrected chi connectivity index (χ2v) is 20.9. The van der Waals surface area contributed by atoms with Gasteiger partial charge in [-0.25, -0.2) is 0 Å². The maximum Gasteiger partial charge on any atom is 0.737 e. The first-order chi connectivity index (χ1) is 35.3. The Balaban J connectivity index is 0.957. The minimum Gasteiger partial charge on any atom is -0.481 e. The van der Waals surface area contributed by atoms with Crippen molar-refractivity contribution in [1.29, 1.82) is 0 Å². The summed E-state index contributed by atoms with van der Waals surface area (Å²) in [5.74, 6) is 11.6. The zero-order valence-corrected chi connectivity index (χ0v) is 43.9. The second kappa shape index (κ2) is 16.5. The molecular formula is C58H53B3F6N6O2. The molecule has 8 nitrogen and oxygen atoms in total. The van der Waals surface area contributed by atoms with Crippen LogP contribution in [0.2, 0.25) is 0 Å². The molecule has 0 atom stereocenters. The molecule has 0 saturated carbocycles. The molecule has 0 bridgehead atoms. The highest BCUT2D eigenvalue weighted by Gasteiger charge is 2.58. The van der Waals surface area contributed by atoms with Crippen molar-refractivity contribution in [3.05, 3.63) is 191 Å². The van der Waals surface area contributed by atoms with E-state index in [1.54, 1.807) is 104 Å². The number of hydrogen-bond acceptors (Lipinski definition) is 1. The van der Waals surface area contributed by atoms with Crippen LogP contribution in [-0.2, 0) is 4.79 Å². The number of aryl methyl sites for hydroxylation is 4. The fourth-order valence-electron chi connectivity index (χ4n) is 13.2. The van der Waals surface area contributed by atoms with Crippen LogP contribution in [0, 0.1) is 65.2 Å². The van der Waals surface area contributed by atoms with Crippen LogP contribution in [-0.4, -0.2) is 76.0 Å². The van der Waals surface area contributed by atoms with Crippen LogP contribution in [0.4, 0.5) is 25.9 Å². The van der Waals surface area contributed by atoms with Crippen LogP contribution < -0.4 is 0 Å². The van der Waals surface area contributed by atoms with Gasteiger partial charge in [0, 0.05) is 101 Å². The molecule has 378 valence electrons. The zero-order chi connectivity index (χ0) is 53.9. The highest BCUT2D eigenvalue weighted by molar-refractivity contribution is 6.59. The van der Waals surface area contributed by atoms with Gasteiger partial charge in [-0.15, -0.1) is 0 Å². The first-order valence-electron chi connectivity index (χ1n) is 25.1. The van der Waals surface area contributed by atoms with Gasteiger partial charge in [-0.1, -0.05) is 47.9 Å².